The molecule has 3 heteroatoms. The van der Waals surface area contributed by atoms with E-state index in [4.69, 9.17) is 4.42 Å². The predicted molar refractivity (Wildman–Crippen MR) is 43.1 cm³/mol. The molecule has 1 rings (SSSR count). The molecule has 56 valence electrons. The minimum absolute atomic E-state index is 0.756. The van der Waals surface area contributed by atoms with Gasteiger partial charge in [-0.1, -0.05) is 6.92 Å². The molecule has 10 heavy (non-hydrogen) atoms. The highest BCUT2D eigenvalue weighted by Crippen LogP contribution is 2.10. The fourth-order valence-corrected chi connectivity index (χ4v) is 1.23. The van der Waals surface area contributed by atoms with Gasteiger partial charge in [-0.3, -0.25) is 0 Å². The summed E-state index contributed by atoms with van der Waals surface area (Å²) in [5.74, 6) is 2.85. The lowest BCUT2D eigenvalue weighted by Crippen LogP contribution is -1.80. The molecule has 2 nitrogen and oxygen atoms in total. The van der Waals surface area contributed by atoms with E-state index < -0.39 is 0 Å². The molecule has 0 spiro atoms. The Bertz CT molecular complexity index is 197. The van der Waals surface area contributed by atoms with Crippen LogP contribution in [-0.2, 0) is 5.75 Å². The van der Waals surface area contributed by atoms with E-state index in [1.54, 1.807) is 6.26 Å². The van der Waals surface area contributed by atoms with Gasteiger partial charge in [-0.15, -0.1) is 0 Å². The summed E-state index contributed by atoms with van der Waals surface area (Å²) in [4.78, 5) is 4.16. The van der Waals surface area contributed by atoms with Crippen LogP contribution in [0, 0.1) is 6.92 Å². The summed E-state index contributed by atoms with van der Waals surface area (Å²) in [5, 5.41) is 0. The van der Waals surface area contributed by atoms with Gasteiger partial charge >= 0.3 is 0 Å². The lowest BCUT2D eigenvalue weighted by Gasteiger charge is -1.89. The second-order valence-corrected chi connectivity index (χ2v) is 3.27. The average molecular weight is 157 g/mol. The molecule has 0 atom stereocenters. The lowest BCUT2D eigenvalue weighted by atomic mass is 10.6. The van der Waals surface area contributed by atoms with Crippen LogP contribution < -0.4 is 0 Å². The van der Waals surface area contributed by atoms with Gasteiger partial charge in [0.15, 0.2) is 5.89 Å². The largest absolute Gasteiger partial charge is 0.449 e. The number of nitrogens with zero attached hydrogens (tertiary/aromatic N) is 1. The number of hydrogen-bond donors (Lipinski definition) is 0. The third-order valence-corrected chi connectivity index (χ3v) is 2.03. The van der Waals surface area contributed by atoms with Crippen LogP contribution in [0.15, 0.2) is 10.7 Å². The van der Waals surface area contributed by atoms with Crippen molar-refractivity contribution in [3.05, 3.63) is 17.8 Å². The second kappa shape index (κ2) is 3.66. The summed E-state index contributed by atoms with van der Waals surface area (Å²) in [6, 6.07) is 0. The predicted octanol–water partition coefficient (Wildman–Crippen LogP) is 2.24. The maximum absolute atomic E-state index is 5.04. The number of oxazole rings is 1. The average Bonchev–Trinajstić information content (AvgIpc) is 2.31. The van der Waals surface area contributed by atoms with Crippen molar-refractivity contribution in [3.8, 4) is 0 Å². The van der Waals surface area contributed by atoms with Crippen molar-refractivity contribution in [2.45, 2.75) is 19.6 Å². The van der Waals surface area contributed by atoms with Crippen LogP contribution in [-0.4, -0.2) is 10.7 Å². The zero-order valence-electron chi connectivity index (χ0n) is 6.26. The SMILES string of the molecule is CCSCc1coc(C)n1. The molecule has 0 amide bonds. The van der Waals surface area contributed by atoms with Crippen molar-refractivity contribution in [1.29, 1.82) is 0 Å². The van der Waals surface area contributed by atoms with Gasteiger partial charge in [0.25, 0.3) is 0 Å². The minimum Gasteiger partial charge on any atom is -0.449 e. The maximum atomic E-state index is 5.04. The molecule has 1 heterocycles. The monoisotopic (exact) mass is 157 g/mol. The van der Waals surface area contributed by atoms with E-state index in [-0.39, 0.29) is 0 Å². The van der Waals surface area contributed by atoms with Gasteiger partial charge in [-0.05, 0) is 5.75 Å². The van der Waals surface area contributed by atoms with Crippen LogP contribution in [0.2, 0.25) is 0 Å². The van der Waals surface area contributed by atoms with Crippen LogP contribution >= 0.6 is 11.8 Å². The zero-order valence-corrected chi connectivity index (χ0v) is 7.07. The maximum Gasteiger partial charge on any atom is 0.191 e. The van der Waals surface area contributed by atoms with Gasteiger partial charge in [-0.2, -0.15) is 11.8 Å². The molecule has 0 aliphatic rings. The van der Waals surface area contributed by atoms with Crippen LogP contribution in [0.1, 0.15) is 18.5 Å². The van der Waals surface area contributed by atoms with E-state index >= 15 is 0 Å². The third kappa shape index (κ3) is 2.06. The molecular formula is C7H11NOS. The molecule has 0 unspecified atom stereocenters. The summed E-state index contributed by atoms with van der Waals surface area (Å²) < 4.78 is 5.04. The number of aryl methyl sites for hydroxylation is 1. The first-order valence-electron chi connectivity index (χ1n) is 3.31. The fourth-order valence-electron chi connectivity index (χ4n) is 0.681. The van der Waals surface area contributed by atoms with Crippen LogP contribution in [0.5, 0.6) is 0 Å². The Morgan fingerprint density at radius 1 is 1.70 bits per heavy atom. The van der Waals surface area contributed by atoms with Gasteiger partial charge in [0.05, 0.1) is 5.69 Å². The molecular weight excluding hydrogens is 146 g/mol. The molecule has 0 radical (unpaired) electrons. The van der Waals surface area contributed by atoms with E-state index in [0.29, 0.717) is 0 Å². The molecule has 1 aromatic heterocycles. The summed E-state index contributed by atoms with van der Waals surface area (Å²) in [6.45, 7) is 4.00. The quantitative estimate of drug-likeness (QED) is 0.673. The molecule has 0 aliphatic heterocycles. The van der Waals surface area contributed by atoms with Gasteiger partial charge < -0.3 is 4.42 Å². The smallest absolute Gasteiger partial charge is 0.191 e. The Labute approximate surface area is 65.0 Å². The highest BCUT2D eigenvalue weighted by Gasteiger charge is 1.97. The Hall–Kier alpha value is -0.440. The zero-order chi connectivity index (χ0) is 7.40. The number of aromatic nitrogens is 1. The molecule has 0 bridgehead atoms. The van der Waals surface area contributed by atoms with E-state index in [9.17, 15) is 0 Å². The summed E-state index contributed by atoms with van der Waals surface area (Å²) in [5.41, 5.74) is 1.05. The summed E-state index contributed by atoms with van der Waals surface area (Å²) in [7, 11) is 0. The normalized spacial score (nSPS) is 10.2. The van der Waals surface area contributed by atoms with Gasteiger partial charge in [0.2, 0.25) is 0 Å². The second-order valence-electron chi connectivity index (χ2n) is 1.99. The highest BCUT2D eigenvalue weighted by molar-refractivity contribution is 7.98. The highest BCUT2D eigenvalue weighted by atomic mass is 32.2. The number of rotatable bonds is 3. The third-order valence-electron chi connectivity index (χ3n) is 1.12. The topological polar surface area (TPSA) is 26.0 Å². The van der Waals surface area contributed by atoms with Crippen molar-refractivity contribution < 1.29 is 4.42 Å². The Morgan fingerprint density at radius 2 is 2.50 bits per heavy atom. The van der Waals surface area contributed by atoms with Gasteiger partial charge in [0, 0.05) is 12.7 Å². The van der Waals surface area contributed by atoms with E-state index in [1.807, 2.05) is 18.7 Å². The van der Waals surface area contributed by atoms with Crippen molar-refractivity contribution in [1.82, 2.24) is 4.98 Å². The summed E-state index contributed by atoms with van der Waals surface area (Å²) >= 11 is 1.85. The molecule has 0 fully saturated rings. The van der Waals surface area contributed by atoms with E-state index in [1.165, 1.54) is 0 Å². The van der Waals surface area contributed by atoms with Crippen LogP contribution in [0.3, 0.4) is 0 Å². The lowest BCUT2D eigenvalue weighted by molar-refractivity contribution is 0.521. The first-order valence-corrected chi connectivity index (χ1v) is 4.47. The van der Waals surface area contributed by atoms with Crippen LogP contribution in [0.4, 0.5) is 0 Å². The van der Waals surface area contributed by atoms with Crippen molar-refractivity contribution in [3.63, 3.8) is 0 Å². The molecule has 1 aromatic rings. The first kappa shape index (κ1) is 7.66. The summed E-state index contributed by atoms with van der Waals surface area (Å²) in [6.07, 6.45) is 1.72. The van der Waals surface area contributed by atoms with E-state index in [2.05, 4.69) is 11.9 Å². The van der Waals surface area contributed by atoms with Crippen molar-refractivity contribution >= 4 is 11.8 Å². The molecule has 0 saturated carbocycles. The molecule has 0 saturated heterocycles. The Kier molecular flexibility index (Phi) is 2.81. The van der Waals surface area contributed by atoms with Crippen molar-refractivity contribution in [2.24, 2.45) is 0 Å². The standard InChI is InChI=1S/C7H11NOS/c1-3-10-5-7-4-9-6(2)8-7/h4H,3,5H2,1-2H3. The molecule has 0 aromatic carbocycles. The van der Waals surface area contributed by atoms with Crippen molar-refractivity contribution in [2.75, 3.05) is 5.75 Å². The van der Waals surface area contributed by atoms with Gasteiger partial charge in [-0.25, -0.2) is 4.98 Å². The number of thioether (sulfide) groups is 1. The first-order chi connectivity index (χ1) is 4.83. The Morgan fingerprint density at radius 3 is 3.00 bits per heavy atom. The van der Waals surface area contributed by atoms with E-state index in [0.717, 1.165) is 23.1 Å². The number of hydrogen-bond acceptors (Lipinski definition) is 3. The minimum atomic E-state index is 0.756. The Balaban J connectivity index is 2.42. The van der Waals surface area contributed by atoms with Gasteiger partial charge in [0.1, 0.15) is 6.26 Å². The molecule has 0 N–H and O–H groups in total. The fraction of sp³-hybridized carbons (Fsp3) is 0.571. The van der Waals surface area contributed by atoms with Crippen LogP contribution in [0.25, 0.3) is 0 Å². The molecule has 0 aliphatic carbocycles.